The summed E-state index contributed by atoms with van der Waals surface area (Å²) in [4.78, 5) is 11.1. The highest BCUT2D eigenvalue weighted by atomic mass is 19.1. The van der Waals surface area contributed by atoms with Crippen LogP contribution in [0.2, 0.25) is 0 Å². The van der Waals surface area contributed by atoms with Crippen LogP contribution in [0.3, 0.4) is 0 Å². The maximum atomic E-state index is 13.1. The lowest BCUT2D eigenvalue weighted by Gasteiger charge is -2.03. The highest BCUT2D eigenvalue weighted by Crippen LogP contribution is 2.24. The summed E-state index contributed by atoms with van der Waals surface area (Å²) in [5.41, 5.74) is 1.18. The summed E-state index contributed by atoms with van der Waals surface area (Å²) < 4.78 is 17.9. The average molecular weight is 181 g/mol. The molecule has 0 saturated heterocycles. The molecule has 0 aromatic heterocycles. The Kier molecular flexibility index (Phi) is 1.69. The van der Waals surface area contributed by atoms with Crippen LogP contribution in [-0.2, 0) is 6.54 Å². The summed E-state index contributed by atoms with van der Waals surface area (Å²) >= 11 is 0. The van der Waals surface area contributed by atoms with E-state index in [0.717, 1.165) is 5.56 Å². The SMILES string of the molecule is COc1cc2c(cc1F)C(=O)NC2. The number of hydrogen-bond acceptors (Lipinski definition) is 2. The number of ether oxygens (including phenoxy) is 1. The van der Waals surface area contributed by atoms with Crippen molar-refractivity contribution >= 4 is 5.91 Å². The topological polar surface area (TPSA) is 38.3 Å². The fourth-order valence-corrected chi connectivity index (χ4v) is 1.38. The lowest BCUT2D eigenvalue weighted by atomic mass is 10.1. The minimum Gasteiger partial charge on any atom is -0.494 e. The van der Waals surface area contributed by atoms with Crippen molar-refractivity contribution in [3.8, 4) is 5.75 Å². The largest absolute Gasteiger partial charge is 0.494 e. The first-order valence-corrected chi connectivity index (χ1v) is 3.87. The van der Waals surface area contributed by atoms with Crippen LogP contribution in [0.25, 0.3) is 0 Å². The van der Waals surface area contributed by atoms with Gasteiger partial charge in [0.15, 0.2) is 11.6 Å². The van der Waals surface area contributed by atoms with Crippen molar-refractivity contribution in [2.45, 2.75) is 6.54 Å². The van der Waals surface area contributed by atoms with E-state index in [4.69, 9.17) is 4.74 Å². The molecule has 68 valence electrons. The number of benzene rings is 1. The Hall–Kier alpha value is -1.58. The van der Waals surface area contributed by atoms with Gasteiger partial charge in [-0.25, -0.2) is 4.39 Å². The first kappa shape index (κ1) is 8.04. The van der Waals surface area contributed by atoms with Crippen LogP contribution in [-0.4, -0.2) is 13.0 Å². The normalized spacial score (nSPS) is 13.8. The van der Waals surface area contributed by atoms with Crippen molar-refractivity contribution < 1.29 is 13.9 Å². The van der Waals surface area contributed by atoms with E-state index in [-0.39, 0.29) is 11.7 Å². The molecule has 0 atom stereocenters. The molecule has 3 nitrogen and oxygen atoms in total. The molecule has 4 heteroatoms. The monoisotopic (exact) mass is 181 g/mol. The van der Waals surface area contributed by atoms with E-state index in [1.54, 1.807) is 6.07 Å². The number of fused-ring (bicyclic) bond motifs is 1. The van der Waals surface area contributed by atoms with Crippen LogP contribution in [0.15, 0.2) is 12.1 Å². The quantitative estimate of drug-likeness (QED) is 0.704. The summed E-state index contributed by atoms with van der Waals surface area (Å²) in [6.07, 6.45) is 0. The standard InChI is InChI=1S/C9H8FNO2/c1-13-8-2-5-4-11-9(12)6(5)3-7(8)10/h2-3H,4H2,1H3,(H,11,12). The van der Waals surface area contributed by atoms with Crippen molar-refractivity contribution in [2.24, 2.45) is 0 Å². The number of hydrogen-bond donors (Lipinski definition) is 1. The molecule has 2 rings (SSSR count). The molecule has 1 heterocycles. The van der Waals surface area contributed by atoms with Crippen LogP contribution in [0.4, 0.5) is 4.39 Å². The minimum atomic E-state index is -0.502. The number of carbonyl (C=O) groups excluding carboxylic acids is 1. The zero-order chi connectivity index (χ0) is 9.42. The highest BCUT2D eigenvalue weighted by molar-refractivity contribution is 5.98. The third kappa shape index (κ3) is 1.14. The Balaban J connectivity index is 2.56. The zero-order valence-corrected chi connectivity index (χ0v) is 7.06. The second kappa shape index (κ2) is 2.73. The lowest BCUT2D eigenvalue weighted by Crippen LogP contribution is -2.12. The van der Waals surface area contributed by atoms with Gasteiger partial charge in [0.25, 0.3) is 5.91 Å². The molecule has 0 fully saturated rings. The van der Waals surface area contributed by atoms with Crippen LogP contribution < -0.4 is 10.1 Å². The Labute approximate surface area is 74.5 Å². The van der Waals surface area contributed by atoms with Crippen LogP contribution in [0, 0.1) is 5.82 Å². The van der Waals surface area contributed by atoms with Gasteiger partial charge in [-0.05, 0) is 17.7 Å². The third-order valence-electron chi connectivity index (χ3n) is 2.06. The van der Waals surface area contributed by atoms with Crippen molar-refractivity contribution in [3.05, 3.63) is 29.1 Å². The molecule has 1 aliphatic rings. The summed E-state index contributed by atoms with van der Waals surface area (Å²) in [7, 11) is 1.40. The predicted octanol–water partition coefficient (Wildman–Crippen LogP) is 1.08. The van der Waals surface area contributed by atoms with Crippen molar-refractivity contribution in [3.63, 3.8) is 0 Å². The first-order chi connectivity index (χ1) is 6.22. The molecule has 1 N–H and O–H groups in total. The molecule has 0 unspecified atom stereocenters. The van der Waals surface area contributed by atoms with E-state index < -0.39 is 5.82 Å². The predicted molar refractivity (Wildman–Crippen MR) is 44.1 cm³/mol. The Morgan fingerprint density at radius 2 is 2.31 bits per heavy atom. The smallest absolute Gasteiger partial charge is 0.252 e. The lowest BCUT2D eigenvalue weighted by molar-refractivity contribution is 0.0965. The fourth-order valence-electron chi connectivity index (χ4n) is 1.38. The Morgan fingerprint density at radius 3 is 3.00 bits per heavy atom. The maximum absolute atomic E-state index is 13.1. The van der Waals surface area contributed by atoms with Crippen LogP contribution in [0.1, 0.15) is 15.9 Å². The molecule has 0 radical (unpaired) electrons. The van der Waals surface area contributed by atoms with E-state index in [1.165, 1.54) is 13.2 Å². The second-order valence-electron chi connectivity index (χ2n) is 2.83. The van der Waals surface area contributed by atoms with Crippen LogP contribution in [0.5, 0.6) is 5.75 Å². The Bertz CT molecular complexity index is 376. The molecule has 0 bridgehead atoms. The van der Waals surface area contributed by atoms with Gasteiger partial charge < -0.3 is 10.1 Å². The zero-order valence-electron chi connectivity index (χ0n) is 7.06. The van der Waals surface area contributed by atoms with Gasteiger partial charge >= 0.3 is 0 Å². The van der Waals surface area contributed by atoms with Gasteiger partial charge in [-0.1, -0.05) is 0 Å². The van der Waals surface area contributed by atoms with Crippen molar-refractivity contribution in [1.29, 1.82) is 0 Å². The van der Waals surface area contributed by atoms with Gasteiger partial charge in [0, 0.05) is 12.1 Å². The maximum Gasteiger partial charge on any atom is 0.252 e. The van der Waals surface area contributed by atoms with Gasteiger partial charge in [0.2, 0.25) is 0 Å². The van der Waals surface area contributed by atoms with Crippen molar-refractivity contribution in [1.82, 2.24) is 5.32 Å². The van der Waals surface area contributed by atoms with E-state index in [0.29, 0.717) is 12.1 Å². The summed E-state index contributed by atoms with van der Waals surface area (Å²) in [5, 5.41) is 2.60. The van der Waals surface area contributed by atoms with Gasteiger partial charge in [0.1, 0.15) is 0 Å². The molecule has 1 aliphatic heterocycles. The molecule has 1 aromatic carbocycles. The van der Waals surface area contributed by atoms with E-state index in [1.807, 2.05) is 0 Å². The number of carbonyl (C=O) groups is 1. The highest BCUT2D eigenvalue weighted by Gasteiger charge is 2.21. The summed E-state index contributed by atoms with van der Waals surface area (Å²) in [5.74, 6) is -0.551. The number of rotatable bonds is 1. The van der Waals surface area contributed by atoms with Gasteiger partial charge in [-0.2, -0.15) is 0 Å². The molecule has 13 heavy (non-hydrogen) atoms. The molecule has 0 spiro atoms. The number of halogens is 1. The van der Waals surface area contributed by atoms with Gasteiger partial charge in [0.05, 0.1) is 7.11 Å². The number of methoxy groups -OCH3 is 1. The fraction of sp³-hybridized carbons (Fsp3) is 0.222. The Morgan fingerprint density at radius 1 is 1.54 bits per heavy atom. The molecule has 0 saturated carbocycles. The summed E-state index contributed by atoms with van der Waals surface area (Å²) in [6.45, 7) is 0.449. The second-order valence-corrected chi connectivity index (χ2v) is 2.83. The molecule has 1 aromatic rings. The molecule has 1 amide bonds. The van der Waals surface area contributed by atoms with E-state index in [9.17, 15) is 9.18 Å². The van der Waals surface area contributed by atoms with Gasteiger partial charge in [-0.3, -0.25) is 4.79 Å². The summed E-state index contributed by atoms with van der Waals surface area (Å²) in [6, 6.07) is 2.75. The van der Waals surface area contributed by atoms with Crippen LogP contribution >= 0.6 is 0 Å². The third-order valence-corrected chi connectivity index (χ3v) is 2.06. The minimum absolute atomic E-state index is 0.176. The number of nitrogens with one attached hydrogen (secondary N) is 1. The number of amides is 1. The van der Waals surface area contributed by atoms with Crippen molar-refractivity contribution in [2.75, 3.05) is 7.11 Å². The molecule has 0 aliphatic carbocycles. The van der Waals surface area contributed by atoms with E-state index >= 15 is 0 Å². The van der Waals surface area contributed by atoms with E-state index in [2.05, 4.69) is 5.32 Å². The molecular weight excluding hydrogens is 173 g/mol. The average Bonchev–Trinajstić information content (AvgIpc) is 2.47. The first-order valence-electron chi connectivity index (χ1n) is 3.87. The van der Waals surface area contributed by atoms with Gasteiger partial charge in [-0.15, -0.1) is 0 Å². The molecular formula is C9H8FNO2.